The van der Waals surface area contributed by atoms with E-state index in [1.165, 1.54) is 10.5 Å². The van der Waals surface area contributed by atoms with E-state index in [0.717, 1.165) is 12.3 Å². The molecule has 1 unspecified atom stereocenters. The summed E-state index contributed by atoms with van der Waals surface area (Å²) in [5.74, 6) is 1.04. The lowest BCUT2D eigenvalue weighted by Crippen LogP contribution is -2.28. The first-order valence-electron chi connectivity index (χ1n) is 5.31. The van der Waals surface area contributed by atoms with Crippen LogP contribution >= 0.6 is 11.8 Å². The largest absolute Gasteiger partial charge is 0.310 e. The van der Waals surface area contributed by atoms with Crippen LogP contribution in [0.2, 0.25) is 0 Å². The maximum absolute atomic E-state index is 3.83. The summed E-state index contributed by atoms with van der Waals surface area (Å²) in [6.45, 7) is 9.07. The Morgan fingerprint density at radius 3 is 2.93 bits per heavy atom. The van der Waals surface area contributed by atoms with Crippen LogP contribution in [0.5, 0.6) is 0 Å². The smallest absolute Gasteiger partial charge is 0.0341 e. The van der Waals surface area contributed by atoms with Gasteiger partial charge in [-0.1, -0.05) is 30.7 Å². The minimum Gasteiger partial charge on any atom is -0.310 e. The minimum absolute atomic E-state index is 0.403. The van der Waals surface area contributed by atoms with Crippen LogP contribution in [0.3, 0.4) is 0 Å². The molecule has 1 N–H and O–H groups in total. The maximum atomic E-state index is 3.83. The molecule has 0 saturated carbocycles. The van der Waals surface area contributed by atoms with Gasteiger partial charge in [-0.15, -0.1) is 18.3 Å². The van der Waals surface area contributed by atoms with E-state index in [9.17, 15) is 0 Å². The third-order valence-corrected chi connectivity index (χ3v) is 3.28. The zero-order valence-corrected chi connectivity index (χ0v) is 10.3. The minimum atomic E-state index is 0.403. The molecule has 0 aromatic heterocycles. The average Bonchev–Trinajstić information content (AvgIpc) is 2.24. The Morgan fingerprint density at radius 2 is 2.33 bits per heavy atom. The third kappa shape index (κ3) is 4.54. The molecular weight excluding hydrogens is 202 g/mol. The van der Waals surface area contributed by atoms with Gasteiger partial charge in [0.15, 0.2) is 0 Å². The highest BCUT2D eigenvalue weighted by Gasteiger charge is 2.02. The molecule has 15 heavy (non-hydrogen) atoms. The van der Waals surface area contributed by atoms with Crippen molar-refractivity contribution in [3.8, 4) is 0 Å². The summed E-state index contributed by atoms with van der Waals surface area (Å²) in [6.07, 6.45) is 1.98. The van der Waals surface area contributed by atoms with E-state index < -0.39 is 0 Å². The van der Waals surface area contributed by atoms with Crippen molar-refractivity contribution in [2.75, 3.05) is 12.3 Å². The lowest BCUT2D eigenvalue weighted by Gasteiger charge is -2.12. The van der Waals surface area contributed by atoms with Gasteiger partial charge in [0.1, 0.15) is 0 Å². The Kier molecular flexibility index (Phi) is 5.51. The summed E-state index contributed by atoms with van der Waals surface area (Å²) in [5.41, 5.74) is 1.32. The van der Waals surface area contributed by atoms with Crippen molar-refractivity contribution in [2.24, 2.45) is 0 Å². The van der Waals surface area contributed by atoms with Crippen LogP contribution in [0.4, 0.5) is 0 Å². The van der Waals surface area contributed by atoms with Crippen molar-refractivity contribution >= 4 is 11.8 Å². The van der Waals surface area contributed by atoms with Crippen LogP contribution in [0.1, 0.15) is 12.5 Å². The molecule has 0 heterocycles. The summed E-state index contributed by atoms with van der Waals surface area (Å²) in [5, 5.41) is 3.38. The zero-order valence-electron chi connectivity index (χ0n) is 9.49. The second-order valence-corrected chi connectivity index (χ2v) is 4.62. The fourth-order valence-corrected chi connectivity index (χ4v) is 2.43. The molecule has 0 aliphatic heterocycles. The number of thioether (sulfide) groups is 1. The predicted molar refractivity (Wildman–Crippen MR) is 69.6 cm³/mol. The van der Waals surface area contributed by atoms with Crippen LogP contribution in [0.15, 0.2) is 41.8 Å². The molecule has 0 amide bonds. The molecule has 2 heteroatoms. The zero-order chi connectivity index (χ0) is 11.1. The Labute approximate surface area is 97.0 Å². The maximum Gasteiger partial charge on any atom is 0.0341 e. The average molecular weight is 221 g/mol. The monoisotopic (exact) mass is 221 g/mol. The first-order valence-corrected chi connectivity index (χ1v) is 6.30. The van der Waals surface area contributed by atoms with E-state index in [4.69, 9.17) is 0 Å². The van der Waals surface area contributed by atoms with E-state index >= 15 is 0 Å². The summed E-state index contributed by atoms with van der Waals surface area (Å²) in [4.78, 5) is 1.33. The lowest BCUT2D eigenvalue weighted by atomic mass is 10.2. The molecule has 0 aliphatic carbocycles. The molecular formula is C13H19NS. The normalized spacial score (nSPS) is 12.4. The van der Waals surface area contributed by atoms with Crippen molar-refractivity contribution in [3.63, 3.8) is 0 Å². The molecule has 0 radical (unpaired) electrons. The number of likely N-dealkylation sites (N-methyl/N-ethyl adjacent to an activating group) is 1. The number of hydrogen-bond donors (Lipinski definition) is 1. The summed E-state index contributed by atoms with van der Waals surface area (Å²) in [6, 6.07) is 9.01. The third-order valence-electron chi connectivity index (χ3n) is 2.17. The van der Waals surface area contributed by atoms with Crippen LogP contribution < -0.4 is 5.32 Å². The van der Waals surface area contributed by atoms with E-state index in [0.29, 0.717) is 6.04 Å². The van der Waals surface area contributed by atoms with Gasteiger partial charge in [0.05, 0.1) is 0 Å². The molecule has 1 atom stereocenters. The molecule has 0 spiro atoms. The highest BCUT2D eigenvalue weighted by Crippen LogP contribution is 2.19. The van der Waals surface area contributed by atoms with Gasteiger partial charge < -0.3 is 5.32 Å². The fourth-order valence-electron chi connectivity index (χ4n) is 1.36. The van der Waals surface area contributed by atoms with E-state index in [-0.39, 0.29) is 0 Å². The molecule has 0 bridgehead atoms. The van der Waals surface area contributed by atoms with E-state index in [1.807, 2.05) is 17.8 Å². The van der Waals surface area contributed by atoms with Crippen molar-refractivity contribution in [1.82, 2.24) is 5.32 Å². The van der Waals surface area contributed by atoms with Gasteiger partial charge in [0.25, 0.3) is 0 Å². The Morgan fingerprint density at radius 1 is 1.53 bits per heavy atom. The van der Waals surface area contributed by atoms with E-state index in [1.54, 1.807) is 0 Å². The second kappa shape index (κ2) is 6.70. The molecule has 1 aromatic carbocycles. The number of nitrogens with one attached hydrogen (secondary N) is 1. The Hall–Kier alpha value is -0.730. The van der Waals surface area contributed by atoms with Gasteiger partial charge >= 0.3 is 0 Å². The highest BCUT2D eigenvalue weighted by molar-refractivity contribution is 7.99. The van der Waals surface area contributed by atoms with Crippen molar-refractivity contribution in [2.45, 2.75) is 24.8 Å². The standard InChI is InChI=1S/C13H19NS/c1-4-12(14-5-2)10-15-13-8-6-7-11(3)9-13/h4,6-9,12,14H,1,5,10H2,2-3H3. The number of hydrogen-bond acceptors (Lipinski definition) is 2. The SMILES string of the molecule is C=CC(CSc1cccc(C)c1)NCC. The molecule has 0 fully saturated rings. The van der Waals surface area contributed by atoms with Gasteiger partial charge in [-0.05, 0) is 25.6 Å². The quantitative estimate of drug-likeness (QED) is 0.584. The lowest BCUT2D eigenvalue weighted by molar-refractivity contribution is 0.669. The van der Waals surface area contributed by atoms with Gasteiger partial charge in [0.2, 0.25) is 0 Å². The molecule has 0 aliphatic rings. The molecule has 1 rings (SSSR count). The Bertz CT molecular complexity index is 309. The highest BCUT2D eigenvalue weighted by atomic mass is 32.2. The van der Waals surface area contributed by atoms with Crippen LogP contribution in [0, 0.1) is 6.92 Å². The molecule has 82 valence electrons. The molecule has 1 nitrogen and oxygen atoms in total. The van der Waals surface area contributed by atoms with Crippen molar-refractivity contribution in [1.29, 1.82) is 0 Å². The molecule has 1 aromatic rings. The van der Waals surface area contributed by atoms with Crippen molar-refractivity contribution < 1.29 is 0 Å². The molecule has 0 saturated heterocycles. The Balaban J connectivity index is 2.45. The van der Waals surface area contributed by atoms with Gasteiger partial charge in [-0.2, -0.15) is 0 Å². The summed E-state index contributed by atoms with van der Waals surface area (Å²) in [7, 11) is 0. The first-order chi connectivity index (χ1) is 7.26. The van der Waals surface area contributed by atoms with Crippen LogP contribution in [-0.2, 0) is 0 Å². The van der Waals surface area contributed by atoms with Crippen LogP contribution in [0.25, 0.3) is 0 Å². The topological polar surface area (TPSA) is 12.0 Å². The second-order valence-electron chi connectivity index (χ2n) is 3.53. The first kappa shape index (κ1) is 12.3. The van der Waals surface area contributed by atoms with Crippen molar-refractivity contribution in [3.05, 3.63) is 42.5 Å². The van der Waals surface area contributed by atoms with Gasteiger partial charge in [0, 0.05) is 16.7 Å². The van der Waals surface area contributed by atoms with Gasteiger partial charge in [-0.3, -0.25) is 0 Å². The van der Waals surface area contributed by atoms with E-state index in [2.05, 4.69) is 50.0 Å². The van der Waals surface area contributed by atoms with Crippen LogP contribution in [-0.4, -0.2) is 18.3 Å². The number of aryl methyl sites for hydroxylation is 1. The number of benzene rings is 1. The summed E-state index contributed by atoms with van der Waals surface area (Å²) >= 11 is 1.87. The fraction of sp³-hybridized carbons (Fsp3) is 0.385. The number of rotatable bonds is 6. The predicted octanol–water partition coefficient (Wildman–Crippen LogP) is 3.25. The van der Waals surface area contributed by atoms with Gasteiger partial charge in [-0.25, -0.2) is 0 Å². The summed E-state index contributed by atoms with van der Waals surface area (Å²) < 4.78 is 0.